The molecule has 1 aliphatic heterocycles. The second-order valence-corrected chi connectivity index (χ2v) is 6.15. The van der Waals surface area contributed by atoms with Gasteiger partial charge < -0.3 is 14.4 Å². The van der Waals surface area contributed by atoms with Crippen molar-refractivity contribution in [2.75, 3.05) is 19.7 Å². The Balaban J connectivity index is 2.77. The first-order valence-electron chi connectivity index (χ1n) is 7.00. The highest BCUT2D eigenvalue weighted by Gasteiger charge is 2.47. The molecule has 0 N–H and O–H groups in total. The Morgan fingerprint density at radius 1 is 1.40 bits per heavy atom. The van der Waals surface area contributed by atoms with Gasteiger partial charge in [-0.2, -0.15) is 0 Å². The van der Waals surface area contributed by atoms with Crippen LogP contribution in [0.25, 0.3) is 0 Å². The smallest absolute Gasteiger partial charge is 0.410 e. The van der Waals surface area contributed by atoms with Gasteiger partial charge in [-0.25, -0.2) is 4.79 Å². The number of esters is 1. The summed E-state index contributed by atoms with van der Waals surface area (Å²) in [6.07, 6.45) is 2.41. The number of carbonyl (C=O) groups excluding carboxylic acids is 2. The monoisotopic (exact) mass is 283 g/mol. The molecule has 1 aliphatic rings. The van der Waals surface area contributed by atoms with Gasteiger partial charge in [0.15, 0.2) is 0 Å². The number of hydrogen-bond acceptors (Lipinski definition) is 4. The third-order valence-electron chi connectivity index (χ3n) is 3.25. The van der Waals surface area contributed by atoms with E-state index in [1.165, 1.54) is 0 Å². The number of rotatable bonds is 4. The van der Waals surface area contributed by atoms with Crippen LogP contribution in [0.5, 0.6) is 0 Å². The Kier molecular flexibility index (Phi) is 5.20. The fourth-order valence-corrected chi connectivity index (χ4v) is 2.33. The first-order chi connectivity index (χ1) is 9.24. The first kappa shape index (κ1) is 16.5. The van der Waals surface area contributed by atoms with Crippen LogP contribution in [0.1, 0.15) is 40.5 Å². The van der Waals surface area contributed by atoms with Gasteiger partial charge in [0.25, 0.3) is 0 Å². The minimum Gasteiger partial charge on any atom is -0.466 e. The van der Waals surface area contributed by atoms with Crippen molar-refractivity contribution >= 4 is 12.1 Å². The highest BCUT2D eigenvalue weighted by Crippen LogP contribution is 2.36. The molecular weight excluding hydrogens is 258 g/mol. The molecule has 0 aromatic rings. The lowest BCUT2D eigenvalue weighted by Gasteiger charge is -2.27. The topological polar surface area (TPSA) is 55.8 Å². The van der Waals surface area contributed by atoms with Crippen LogP contribution in [0.2, 0.25) is 0 Å². The highest BCUT2D eigenvalue weighted by molar-refractivity contribution is 5.79. The van der Waals surface area contributed by atoms with Crippen LogP contribution in [0.15, 0.2) is 12.7 Å². The van der Waals surface area contributed by atoms with Crippen molar-refractivity contribution in [2.45, 2.75) is 46.1 Å². The summed E-state index contributed by atoms with van der Waals surface area (Å²) in [6.45, 7) is 12.1. The lowest BCUT2D eigenvalue weighted by molar-refractivity contribution is -0.154. The summed E-state index contributed by atoms with van der Waals surface area (Å²) >= 11 is 0. The van der Waals surface area contributed by atoms with Crippen molar-refractivity contribution in [2.24, 2.45) is 5.41 Å². The summed E-state index contributed by atoms with van der Waals surface area (Å²) in [5.74, 6) is -0.258. The summed E-state index contributed by atoms with van der Waals surface area (Å²) in [4.78, 5) is 25.8. The molecule has 1 unspecified atom stereocenters. The van der Waals surface area contributed by atoms with Gasteiger partial charge in [-0.15, -0.1) is 6.58 Å². The minimum atomic E-state index is -0.672. The van der Waals surface area contributed by atoms with Gasteiger partial charge in [0.2, 0.25) is 0 Å². The van der Waals surface area contributed by atoms with E-state index in [4.69, 9.17) is 9.47 Å². The summed E-state index contributed by atoms with van der Waals surface area (Å²) in [5, 5.41) is 0. The van der Waals surface area contributed by atoms with Gasteiger partial charge in [-0.3, -0.25) is 4.79 Å². The number of amides is 1. The zero-order valence-corrected chi connectivity index (χ0v) is 12.9. The summed E-state index contributed by atoms with van der Waals surface area (Å²) in [7, 11) is 0. The normalized spacial score (nSPS) is 22.5. The van der Waals surface area contributed by atoms with Crippen LogP contribution in [-0.4, -0.2) is 42.3 Å². The molecule has 0 saturated carbocycles. The molecule has 0 aromatic carbocycles. The molecule has 5 heteroatoms. The molecule has 1 atom stereocenters. The van der Waals surface area contributed by atoms with Crippen molar-refractivity contribution in [3.05, 3.63) is 12.7 Å². The van der Waals surface area contributed by atoms with Gasteiger partial charge >= 0.3 is 12.1 Å². The largest absolute Gasteiger partial charge is 0.466 e. The van der Waals surface area contributed by atoms with E-state index in [0.717, 1.165) is 0 Å². The maximum absolute atomic E-state index is 12.2. The molecule has 20 heavy (non-hydrogen) atoms. The van der Waals surface area contributed by atoms with Gasteiger partial charge in [-0.1, -0.05) is 6.08 Å². The predicted octanol–water partition coefficient (Wildman–Crippen LogP) is 2.75. The lowest BCUT2D eigenvalue weighted by atomic mass is 9.83. The standard InChI is InChI=1S/C15H25NO4/c1-6-8-15(12(17)19-7-2)9-10-16(11-15)13(18)20-14(3,4)5/h6H,1,7-11H2,2-5H3. The van der Waals surface area contributed by atoms with Crippen molar-refractivity contribution in [1.29, 1.82) is 0 Å². The summed E-state index contributed by atoms with van der Waals surface area (Å²) < 4.78 is 10.5. The van der Waals surface area contributed by atoms with Crippen LogP contribution in [-0.2, 0) is 14.3 Å². The van der Waals surface area contributed by atoms with Gasteiger partial charge in [-0.05, 0) is 40.5 Å². The van der Waals surface area contributed by atoms with E-state index < -0.39 is 11.0 Å². The van der Waals surface area contributed by atoms with Gasteiger partial charge in [0, 0.05) is 13.1 Å². The Morgan fingerprint density at radius 2 is 2.05 bits per heavy atom. The van der Waals surface area contributed by atoms with E-state index in [-0.39, 0.29) is 12.1 Å². The SMILES string of the molecule is C=CCC1(C(=O)OCC)CCN(C(=O)OC(C)(C)C)C1. The van der Waals surface area contributed by atoms with E-state index >= 15 is 0 Å². The quantitative estimate of drug-likeness (QED) is 0.588. The van der Waals surface area contributed by atoms with E-state index in [9.17, 15) is 9.59 Å². The summed E-state index contributed by atoms with van der Waals surface area (Å²) in [6, 6.07) is 0. The van der Waals surface area contributed by atoms with Crippen molar-refractivity contribution in [3.63, 3.8) is 0 Å². The van der Waals surface area contributed by atoms with E-state index in [0.29, 0.717) is 32.5 Å². The summed E-state index contributed by atoms with van der Waals surface area (Å²) in [5.41, 5.74) is -1.21. The maximum Gasteiger partial charge on any atom is 0.410 e. The highest BCUT2D eigenvalue weighted by atomic mass is 16.6. The Bertz CT molecular complexity index is 386. The second kappa shape index (κ2) is 6.29. The second-order valence-electron chi connectivity index (χ2n) is 6.15. The number of hydrogen-bond donors (Lipinski definition) is 0. The molecule has 1 saturated heterocycles. The molecule has 0 spiro atoms. The molecule has 5 nitrogen and oxygen atoms in total. The average Bonchev–Trinajstić information content (AvgIpc) is 2.73. The van der Waals surface area contributed by atoms with Gasteiger partial charge in [0.05, 0.1) is 12.0 Å². The number of likely N-dealkylation sites (tertiary alicyclic amines) is 1. The molecule has 1 amide bonds. The van der Waals surface area contributed by atoms with E-state index in [1.54, 1.807) is 17.9 Å². The third kappa shape index (κ3) is 3.99. The van der Waals surface area contributed by atoms with E-state index in [2.05, 4.69) is 6.58 Å². The van der Waals surface area contributed by atoms with Gasteiger partial charge in [0.1, 0.15) is 5.60 Å². The molecule has 0 aliphatic carbocycles. The predicted molar refractivity (Wildman–Crippen MR) is 76.3 cm³/mol. The number of ether oxygens (including phenoxy) is 2. The van der Waals surface area contributed by atoms with E-state index in [1.807, 2.05) is 20.8 Å². The molecular formula is C15H25NO4. The zero-order chi connectivity index (χ0) is 15.4. The fourth-order valence-electron chi connectivity index (χ4n) is 2.33. The lowest BCUT2D eigenvalue weighted by Crippen LogP contribution is -2.40. The molecule has 1 rings (SSSR count). The Hall–Kier alpha value is -1.52. The maximum atomic E-state index is 12.2. The van der Waals surface area contributed by atoms with Crippen molar-refractivity contribution in [3.8, 4) is 0 Å². The Morgan fingerprint density at radius 3 is 2.55 bits per heavy atom. The van der Waals surface area contributed by atoms with Crippen LogP contribution in [0.4, 0.5) is 4.79 Å². The van der Waals surface area contributed by atoms with Crippen LogP contribution in [0, 0.1) is 5.41 Å². The van der Waals surface area contributed by atoms with Crippen molar-refractivity contribution < 1.29 is 19.1 Å². The molecule has 0 bridgehead atoms. The Labute approximate surface area is 120 Å². The molecule has 1 fully saturated rings. The first-order valence-corrected chi connectivity index (χ1v) is 7.00. The minimum absolute atomic E-state index is 0.258. The van der Waals surface area contributed by atoms with Crippen LogP contribution < -0.4 is 0 Å². The molecule has 114 valence electrons. The van der Waals surface area contributed by atoms with Crippen LogP contribution in [0.3, 0.4) is 0 Å². The third-order valence-corrected chi connectivity index (χ3v) is 3.25. The molecule has 0 radical (unpaired) electrons. The molecule has 0 aromatic heterocycles. The average molecular weight is 283 g/mol. The molecule has 1 heterocycles. The van der Waals surface area contributed by atoms with Crippen molar-refractivity contribution in [1.82, 2.24) is 4.90 Å². The number of nitrogens with zero attached hydrogens (tertiary/aromatic N) is 1. The number of allylic oxidation sites excluding steroid dienone is 1. The zero-order valence-electron chi connectivity index (χ0n) is 12.9. The van der Waals surface area contributed by atoms with Crippen LogP contribution >= 0.6 is 0 Å². The fraction of sp³-hybridized carbons (Fsp3) is 0.733. The number of carbonyl (C=O) groups is 2.